The molecule has 0 saturated carbocycles. The average Bonchev–Trinajstić information content (AvgIpc) is 2.53. The molecule has 0 bridgehead atoms. The molecule has 0 saturated heterocycles. The molecule has 0 aromatic heterocycles. The number of hydrogen-bond donors (Lipinski definition) is 1. The Morgan fingerprint density at radius 2 is 1.80 bits per heavy atom. The lowest BCUT2D eigenvalue weighted by molar-refractivity contribution is -0.136. The third kappa shape index (κ3) is 4.39. The second kappa shape index (κ2) is 7.83. The lowest BCUT2D eigenvalue weighted by Gasteiger charge is -2.26. The zero-order chi connectivity index (χ0) is 18.8. The topological polar surface area (TPSA) is 74.7 Å². The van der Waals surface area contributed by atoms with E-state index in [-0.39, 0.29) is 33.6 Å². The van der Waals surface area contributed by atoms with Crippen LogP contribution in [0.15, 0.2) is 41.3 Å². The summed E-state index contributed by atoms with van der Waals surface area (Å²) < 4.78 is 27.2. The normalized spacial score (nSPS) is 11.4. The second-order valence-electron chi connectivity index (χ2n) is 5.18. The molecule has 2 aromatic rings. The first kappa shape index (κ1) is 19.8. The molecule has 0 amide bonds. The van der Waals surface area contributed by atoms with Crippen molar-refractivity contribution in [2.75, 3.05) is 10.8 Å². The van der Waals surface area contributed by atoms with Gasteiger partial charge >= 0.3 is 5.97 Å². The van der Waals surface area contributed by atoms with Gasteiger partial charge < -0.3 is 5.11 Å². The molecule has 0 radical (unpaired) electrons. The Bertz CT molecular complexity index is 916. The molecule has 0 fully saturated rings. The highest BCUT2D eigenvalue weighted by Gasteiger charge is 2.29. The van der Waals surface area contributed by atoms with Gasteiger partial charge in [-0.1, -0.05) is 40.9 Å². The van der Waals surface area contributed by atoms with Gasteiger partial charge in [-0.15, -0.1) is 0 Å². The third-order valence-corrected chi connectivity index (χ3v) is 6.44. The van der Waals surface area contributed by atoms with Gasteiger partial charge in [-0.25, -0.2) is 8.42 Å². The summed E-state index contributed by atoms with van der Waals surface area (Å²) in [6, 6.07) is 8.83. The lowest BCUT2D eigenvalue weighted by atomic mass is 10.2. The Morgan fingerprint density at radius 1 is 1.12 bits per heavy atom. The van der Waals surface area contributed by atoms with E-state index < -0.39 is 16.0 Å². The zero-order valence-corrected chi connectivity index (χ0v) is 16.1. The van der Waals surface area contributed by atoms with Crippen molar-refractivity contribution in [1.82, 2.24) is 0 Å². The maximum atomic E-state index is 13.1. The summed E-state index contributed by atoms with van der Waals surface area (Å²) in [5, 5.41) is 9.53. The molecule has 0 aliphatic heterocycles. The lowest BCUT2D eigenvalue weighted by Crippen LogP contribution is -2.34. The first-order chi connectivity index (χ1) is 11.6. The number of halogens is 3. The van der Waals surface area contributed by atoms with E-state index in [2.05, 4.69) is 0 Å². The van der Waals surface area contributed by atoms with E-state index in [4.69, 9.17) is 39.9 Å². The molecule has 0 aliphatic rings. The van der Waals surface area contributed by atoms with Crippen molar-refractivity contribution in [2.45, 2.75) is 18.2 Å². The summed E-state index contributed by atoms with van der Waals surface area (Å²) in [5.41, 5.74) is 0.793. The molecule has 25 heavy (non-hydrogen) atoms. The minimum Gasteiger partial charge on any atom is -0.481 e. The Hall–Kier alpha value is -1.47. The van der Waals surface area contributed by atoms with Gasteiger partial charge in [0, 0.05) is 16.6 Å². The predicted octanol–water partition coefficient (Wildman–Crippen LogP) is 4.63. The van der Waals surface area contributed by atoms with Crippen LogP contribution < -0.4 is 4.31 Å². The maximum absolute atomic E-state index is 13.1. The summed E-state index contributed by atoms with van der Waals surface area (Å²) in [7, 11) is -4.15. The molecular formula is C16H14Cl3NO4S. The fourth-order valence-corrected chi connectivity index (χ4v) is 4.66. The Morgan fingerprint density at radius 3 is 2.44 bits per heavy atom. The molecule has 0 atom stereocenters. The number of aliphatic carboxylic acids is 1. The Balaban J connectivity index is 2.63. The molecule has 2 rings (SSSR count). The van der Waals surface area contributed by atoms with Crippen LogP contribution in [0.5, 0.6) is 0 Å². The summed E-state index contributed by atoms with van der Waals surface area (Å²) in [6.07, 6.45) is -0.386. The van der Waals surface area contributed by atoms with E-state index in [1.54, 1.807) is 25.1 Å². The molecule has 0 heterocycles. The van der Waals surface area contributed by atoms with E-state index in [1.165, 1.54) is 18.2 Å². The number of carboxylic acid groups (broad SMARTS) is 1. The van der Waals surface area contributed by atoms with Crippen molar-refractivity contribution >= 4 is 56.5 Å². The smallest absolute Gasteiger partial charge is 0.305 e. The highest BCUT2D eigenvalue weighted by molar-refractivity contribution is 7.93. The highest BCUT2D eigenvalue weighted by atomic mass is 35.5. The van der Waals surface area contributed by atoms with Crippen LogP contribution in [-0.4, -0.2) is 26.0 Å². The van der Waals surface area contributed by atoms with Crippen LogP contribution in [0.3, 0.4) is 0 Å². The Labute approximate surface area is 160 Å². The molecule has 0 aliphatic carbocycles. The van der Waals surface area contributed by atoms with Crippen molar-refractivity contribution in [3.05, 3.63) is 57.0 Å². The van der Waals surface area contributed by atoms with Crippen LogP contribution in [0.1, 0.15) is 12.0 Å². The van der Waals surface area contributed by atoms with Crippen molar-refractivity contribution in [1.29, 1.82) is 0 Å². The van der Waals surface area contributed by atoms with E-state index in [1.807, 2.05) is 0 Å². The van der Waals surface area contributed by atoms with Gasteiger partial charge in [0.2, 0.25) is 0 Å². The first-order valence-electron chi connectivity index (χ1n) is 7.09. The molecular weight excluding hydrogens is 409 g/mol. The first-order valence-corrected chi connectivity index (χ1v) is 9.66. The average molecular weight is 423 g/mol. The van der Waals surface area contributed by atoms with Gasteiger partial charge in [-0.05, 0) is 42.8 Å². The van der Waals surface area contributed by atoms with Crippen LogP contribution in [0, 0.1) is 6.92 Å². The van der Waals surface area contributed by atoms with Crippen LogP contribution >= 0.6 is 34.8 Å². The predicted molar refractivity (Wildman–Crippen MR) is 99.4 cm³/mol. The molecule has 134 valence electrons. The number of anilines is 1. The maximum Gasteiger partial charge on any atom is 0.305 e. The van der Waals surface area contributed by atoms with E-state index in [0.717, 1.165) is 4.31 Å². The van der Waals surface area contributed by atoms with Crippen molar-refractivity contribution in [3.63, 3.8) is 0 Å². The van der Waals surface area contributed by atoms with Gasteiger partial charge in [0.1, 0.15) is 4.90 Å². The number of nitrogens with zero attached hydrogens (tertiary/aromatic N) is 1. The fraction of sp³-hybridized carbons (Fsp3) is 0.188. The van der Waals surface area contributed by atoms with E-state index >= 15 is 0 Å². The molecule has 1 N–H and O–H groups in total. The minimum absolute atomic E-state index is 0.00981. The fourth-order valence-electron chi connectivity index (χ4n) is 2.23. The summed E-state index contributed by atoms with van der Waals surface area (Å²) in [4.78, 5) is 10.8. The number of carboxylic acids is 1. The monoisotopic (exact) mass is 421 g/mol. The Kier molecular flexibility index (Phi) is 6.21. The van der Waals surface area contributed by atoms with E-state index in [9.17, 15) is 13.2 Å². The van der Waals surface area contributed by atoms with Crippen LogP contribution in [-0.2, 0) is 14.8 Å². The van der Waals surface area contributed by atoms with Gasteiger partial charge in [0.25, 0.3) is 10.0 Å². The van der Waals surface area contributed by atoms with Crippen LogP contribution in [0.25, 0.3) is 0 Å². The number of carbonyl (C=O) groups is 1. The molecule has 2 aromatic carbocycles. The van der Waals surface area contributed by atoms with Gasteiger partial charge in [-0.3, -0.25) is 9.10 Å². The number of sulfonamides is 1. The van der Waals surface area contributed by atoms with Gasteiger partial charge in [0.05, 0.1) is 17.1 Å². The second-order valence-corrected chi connectivity index (χ2v) is 8.26. The van der Waals surface area contributed by atoms with Gasteiger partial charge in [0.15, 0.2) is 0 Å². The quantitative estimate of drug-likeness (QED) is 0.737. The molecule has 5 nitrogen and oxygen atoms in total. The van der Waals surface area contributed by atoms with Crippen LogP contribution in [0.4, 0.5) is 5.69 Å². The number of hydrogen-bond acceptors (Lipinski definition) is 3. The number of benzene rings is 2. The summed E-state index contributed by atoms with van der Waals surface area (Å²) >= 11 is 18.0. The molecule has 9 heteroatoms. The van der Waals surface area contributed by atoms with Crippen molar-refractivity contribution in [2.24, 2.45) is 0 Å². The third-order valence-electron chi connectivity index (χ3n) is 3.50. The zero-order valence-electron chi connectivity index (χ0n) is 13.0. The van der Waals surface area contributed by atoms with Gasteiger partial charge in [-0.2, -0.15) is 0 Å². The van der Waals surface area contributed by atoms with Crippen molar-refractivity contribution < 1.29 is 18.3 Å². The minimum atomic E-state index is -4.15. The van der Waals surface area contributed by atoms with E-state index in [0.29, 0.717) is 10.6 Å². The standard InChI is InChI=1S/C16H14Cl3NO4S/c1-10-12(18)3-2-4-14(10)20(8-7-16(21)22)25(23,24)15-9-11(17)5-6-13(15)19/h2-6,9H,7-8H2,1H3,(H,21,22). The summed E-state index contributed by atoms with van der Waals surface area (Å²) in [6.45, 7) is 1.38. The number of rotatable bonds is 6. The summed E-state index contributed by atoms with van der Waals surface area (Å²) in [5.74, 6) is -1.13. The molecule has 0 unspecified atom stereocenters. The molecule has 0 spiro atoms. The largest absolute Gasteiger partial charge is 0.481 e. The SMILES string of the molecule is Cc1c(Cl)cccc1N(CCC(=O)O)S(=O)(=O)c1cc(Cl)ccc1Cl. The highest BCUT2D eigenvalue weighted by Crippen LogP contribution is 2.34. The van der Waals surface area contributed by atoms with Crippen molar-refractivity contribution in [3.8, 4) is 0 Å². The van der Waals surface area contributed by atoms with Crippen LogP contribution in [0.2, 0.25) is 15.1 Å².